The third kappa shape index (κ3) is 3.66. The molecule has 0 fully saturated rings. The molecule has 2 heterocycles. The molecular weight excluding hydrogens is 296 g/mol. The Kier molecular flexibility index (Phi) is 4.92. The molecule has 8 heteroatoms. The largest absolute Gasteiger partial charge is 0.330 e. The highest BCUT2D eigenvalue weighted by Gasteiger charge is 2.16. The van der Waals surface area contributed by atoms with Crippen LogP contribution in [0.1, 0.15) is 10.6 Å². The van der Waals surface area contributed by atoms with Crippen molar-refractivity contribution in [2.75, 3.05) is 13.1 Å². The van der Waals surface area contributed by atoms with Gasteiger partial charge in [-0.15, -0.1) is 11.3 Å². The Bertz CT molecular complexity index is 661. The summed E-state index contributed by atoms with van der Waals surface area (Å²) >= 11 is 1.27. The average molecular weight is 314 g/mol. The van der Waals surface area contributed by atoms with Gasteiger partial charge in [-0.1, -0.05) is 0 Å². The molecule has 110 valence electrons. The molecular formula is C12H18N4O2S2. The second-order valence-corrected chi connectivity index (χ2v) is 7.52. The number of aromatic nitrogens is 2. The van der Waals surface area contributed by atoms with Crippen molar-refractivity contribution in [2.45, 2.75) is 17.1 Å². The normalized spacial score (nSPS) is 11.9. The molecule has 0 aromatic carbocycles. The second-order valence-electron chi connectivity index (χ2n) is 4.35. The summed E-state index contributed by atoms with van der Waals surface area (Å²) < 4.78 is 28.9. The summed E-state index contributed by atoms with van der Waals surface area (Å²) in [5.74, 6) is 0. The predicted octanol–water partition coefficient (Wildman–Crippen LogP) is 0.504. The van der Waals surface area contributed by atoms with Gasteiger partial charge in [0.15, 0.2) is 0 Å². The summed E-state index contributed by atoms with van der Waals surface area (Å²) in [5, 5.41) is 4.04. The number of sulfonamides is 1. The minimum atomic E-state index is -3.43. The van der Waals surface area contributed by atoms with Gasteiger partial charge in [0, 0.05) is 36.8 Å². The van der Waals surface area contributed by atoms with Crippen LogP contribution in [0.3, 0.4) is 0 Å². The molecule has 0 bridgehead atoms. The number of hydrogen-bond donors (Lipinski definition) is 2. The number of nitrogens with two attached hydrogens (primary N) is 1. The highest BCUT2D eigenvalue weighted by atomic mass is 32.2. The summed E-state index contributed by atoms with van der Waals surface area (Å²) in [6, 6.07) is 5.31. The molecule has 2 aromatic rings. The van der Waals surface area contributed by atoms with Crippen molar-refractivity contribution >= 4 is 21.4 Å². The number of rotatable bonds is 7. The van der Waals surface area contributed by atoms with Gasteiger partial charge in [0.1, 0.15) is 4.21 Å². The van der Waals surface area contributed by atoms with E-state index >= 15 is 0 Å². The number of nitrogens with zero attached hydrogens (tertiary/aromatic N) is 2. The van der Waals surface area contributed by atoms with Crippen LogP contribution in [0, 0.1) is 0 Å². The van der Waals surface area contributed by atoms with E-state index in [4.69, 9.17) is 5.73 Å². The number of aryl methyl sites for hydroxylation is 1. The third-order valence-corrected chi connectivity index (χ3v) is 5.99. The first-order valence-electron chi connectivity index (χ1n) is 6.28. The lowest BCUT2D eigenvalue weighted by molar-refractivity contribution is 0.582. The van der Waals surface area contributed by atoms with Crippen LogP contribution >= 0.6 is 11.3 Å². The van der Waals surface area contributed by atoms with E-state index in [2.05, 4.69) is 9.82 Å². The van der Waals surface area contributed by atoms with Crippen LogP contribution in [0.2, 0.25) is 0 Å². The molecule has 0 atom stereocenters. The minimum absolute atomic E-state index is 0.339. The maximum Gasteiger partial charge on any atom is 0.250 e. The van der Waals surface area contributed by atoms with E-state index in [0.717, 1.165) is 10.6 Å². The maximum atomic E-state index is 12.1. The van der Waals surface area contributed by atoms with E-state index in [1.54, 1.807) is 16.9 Å². The summed E-state index contributed by atoms with van der Waals surface area (Å²) in [5.41, 5.74) is 6.45. The van der Waals surface area contributed by atoms with Gasteiger partial charge in [-0.05, 0) is 31.2 Å². The van der Waals surface area contributed by atoms with Crippen LogP contribution in [0.5, 0.6) is 0 Å². The van der Waals surface area contributed by atoms with Crippen LogP contribution in [0.25, 0.3) is 0 Å². The Morgan fingerprint density at radius 1 is 1.35 bits per heavy atom. The molecule has 3 N–H and O–H groups in total. The molecule has 0 saturated carbocycles. The Morgan fingerprint density at radius 3 is 2.80 bits per heavy atom. The second kappa shape index (κ2) is 6.49. The van der Waals surface area contributed by atoms with Crippen molar-refractivity contribution < 1.29 is 8.42 Å². The predicted molar refractivity (Wildman–Crippen MR) is 79.2 cm³/mol. The lowest BCUT2D eigenvalue weighted by atomic mass is 10.3. The Morgan fingerprint density at radius 2 is 2.15 bits per heavy atom. The first-order chi connectivity index (χ1) is 9.53. The number of nitrogens with one attached hydrogen (secondary N) is 1. The molecule has 0 unspecified atom stereocenters. The fraction of sp³-hybridized carbons (Fsp3) is 0.417. The lowest BCUT2D eigenvalue weighted by Gasteiger charge is -2.05. The van der Waals surface area contributed by atoms with E-state index < -0.39 is 10.0 Å². The highest BCUT2D eigenvalue weighted by molar-refractivity contribution is 7.91. The lowest BCUT2D eigenvalue weighted by Crippen LogP contribution is -2.25. The van der Waals surface area contributed by atoms with Crippen molar-refractivity contribution in [1.29, 1.82) is 0 Å². The monoisotopic (exact) mass is 314 g/mol. The van der Waals surface area contributed by atoms with Crippen molar-refractivity contribution in [3.05, 3.63) is 35.0 Å². The maximum absolute atomic E-state index is 12.1. The van der Waals surface area contributed by atoms with Crippen LogP contribution in [-0.4, -0.2) is 31.3 Å². The third-order valence-electron chi connectivity index (χ3n) is 2.89. The topological polar surface area (TPSA) is 90.0 Å². The molecule has 0 saturated heterocycles. The zero-order valence-electron chi connectivity index (χ0n) is 11.2. The Labute approximate surface area is 122 Å². The molecule has 0 aliphatic heterocycles. The number of thiophene rings is 1. The zero-order valence-corrected chi connectivity index (χ0v) is 12.9. The number of hydrogen-bond acceptors (Lipinski definition) is 5. The van der Waals surface area contributed by atoms with Crippen molar-refractivity contribution in [2.24, 2.45) is 12.8 Å². The summed E-state index contributed by atoms with van der Waals surface area (Å²) in [4.78, 5) is 0.986. The average Bonchev–Trinajstić information content (AvgIpc) is 3.00. The van der Waals surface area contributed by atoms with Crippen LogP contribution in [0.15, 0.2) is 28.6 Å². The van der Waals surface area contributed by atoms with Gasteiger partial charge >= 0.3 is 0 Å². The summed E-state index contributed by atoms with van der Waals surface area (Å²) in [6.45, 7) is 0.875. The quantitative estimate of drug-likeness (QED) is 0.779. The fourth-order valence-electron chi connectivity index (χ4n) is 1.81. The minimum Gasteiger partial charge on any atom is -0.330 e. The summed E-state index contributed by atoms with van der Waals surface area (Å²) in [6.07, 6.45) is 3.01. The Balaban J connectivity index is 1.95. The molecule has 0 radical (unpaired) electrons. The van der Waals surface area contributed by atoms with Gasteiger partial charge in [0.2, 0.25) is 10.0 Å². The van der Waals surface area contributed by atoms with E-state index in [1.807, 2.05) is 19.2 Å². The van der Waals surface area contributed by atoms with Gasteiger partial charge in [-0.3, -0.25) is 4.68 Å². The van der Waals surface area contributed by atoms with Crippen LogP contribution in [-0.2, 0) is 29.9 Å². The molecule has 6 nitrogen and oxygen atoms in total. The molecule has 2 rings (SSSR count). The smallest absolute Gasteiger partial charge is 0.250 e. The SMILES string of the molecule is Cn1nccc1CCNS(=O)(=O)c1ccc(CCN)s1. The molecule has 0 amide bonds. The molecule has 0 aliphatic rings. The van der Waals surface area contributed by atoms with Crippen molar-refractivity contribution in [1.82, 2.24) is 14.5 Å². The first kappa shape index (κ1) is 15.2. The van der Waals surface area contributed by atoms with Gasteiger partial charge in [-0.2, -0.15) is 5.10 Å². The van der Waals surface area contributed by atoms with E-state index in [9.17, 15) is 8.42 Å². The van der Waals surface area contributed by atoms with Gasteiger partial charge in [0.05, 0.1) is 0 Å². The molecule has 0 spiro atoms. The van der Waals surface area contributed by atoms with Crippen LogP contribution < -0.4 is 10.5 Å². The van der Waals surface area contributed by atoms with E-state index in [0.29, 0.717) is 30.1 Å². The van der Waals surface area contributed by atoms with Crippen molar-refractivity contribution in [3.8, 4) is 0 Å². The molecule has 2 aromatic heterocycles. The zero-order chi connectivity index (χ0) is 14.6. The van der Waals surface area contributed by atoms with Gasteiger partial charge < -0.3 is 5.73 Å². The molecule has 0 aliphatic carbocycles. The first-order valence-corrected chi connectivity index (χ1v) is 8.58. The van der Waals surface area contributed by atoms with E-state index in [1.165, 1.54) is 11.3 Å². The summed E-state index contributed by atoms with van der Waals surface area (Å²) in [7, 11) is -1.59. The Hall–Kier alpha value is -1.22. The van der Waals surface area contributed by atoms with Crippen LogP contribution in [0.4, 0.5) is 0 Å². The standard InChI is InChI=1S/C12H18N4O2S2/c1-16-10(5-8-14-16)6-9-15-20(17,18)12-3-2-11(19-12)4-7-13/h2-3,5,8,15H,4,6-7,9,13H2,1H3. The highest BCUT2D eigenvalue weighted by Crippen LogP contribution is 2.21. The fourth-order valence-corrected chi connectivity index (χ4v) is 4.26. The molecule has 20 heavy (non-hydrogen) atoms. The van der Waals surface area contributed by atoms with Gasteiger partial charge in [-0.25, -0.2) is 13.1 Å². The van der Waals surface area contributed by atoms with E-state index in [-0.39, 0.29) is 0 Å². The van der Waals surface area contributed by atoms with Crippen molar-refractivity contribution in [3.63, 3.8) is 0 Å². The van der Waals surface area contributed by atoms with Gasteiger partial charge in [0.25, 0.3) is 0 Å².